The van der Waals surface area contributed by atoms with Gasteiger partial charge >= 0.3 is 0 Å². The minimum absolute atomic E-state index is 0.508. The maximum atomic E-state index is 3.34. The Hall–Kier alpha value is -0.470. The highest BCUT2D eigenvalue weighted by molar-refractivity contribution is 7.98. The Morgan fingerprint density at radius 2 is 2.00 bits per heavy atom. The molecule has 13 heavy (non-hydrogen) atoms. The molecular weight excluding hydrogens is 178 g/mol. The summed E-state index contributed by atoms with van der Waals surface area (Å²) in [6, 6.07) is 11.1. The molecule has 0 aliphatic carbocycles. The molecule has 1 rings (SSSR count). The Balaban J connectivity index is 2.56. The summed E-state index contributed by atoms with van der Waals surface area (Å²) in [5.41, 5.74) is 1.39. The van der Waals surface area contributed by atoms with E-state index in [9.17, 15) is 0 Å². The number of thioether (sulfide) groups is 1. The van der Waals surface area contributed by atoms with Crippen LogP contribution in [0.4, 0.5) is 0 Å². The van der Waals surface area contributed by atoms with Gasteiger partial charge in [0, 0.05) is 6.04 Å². The zero-order valence-electron chi connectivity index (χ0n) is 8.29. The van der Waals surface area contributed by atoms with Crippen molar-refractivity contribution in [1.29, 1.82) is 0 Å². The minimum Gasteiger partial charge on any atom is -0.313 e. The molecule has 0 aromatic heterocycles. The average molecular weight is 195 g/mol. The highest BCUT2D eigenvalue weighted by Gasteiger charge is 2.06. The van der Waals surface area contributed by atoms with Crippen LogP contribution in [0.25, 0.3) is 0 Å². The molecule has 0 saturated carbocycles. The molecular formula is C11H17NS. The maximum absolute atomic E-state index is 3.34. The van der Waals surface area contributed by atoms with E-state index in [4.69, 9.17) is 0 Å². The van der Waals surface area contributed by atoms with Crippen LogP contribution in [-0.2, 0) is 0 Å². The molecule has 0 aliphatic heterocycles. The molecule has 0 spiro atoms. The first-order chi connectivity index (χ1) is 6.38. The summed E-state index contributed by atoms with van der Waals surface area (Å²) in [6.45, 7) is 0. The second kappa shape index (κ2) is 6.06. The summed E-state index contributed by atoms with van der Waals surface area (Å²) in [7, 11) is 2.03. The Morgan fingerprint density at radius 3 is 2.54 bits per heavy atom. The molecule has 1 nitrogen and oxygen atoms in total. The summed E-state index contributed by atoms with van der Waals surface area (Å²) >= 11 is 1.90. The third kappa shape index (κ3) is 3.41. The fourth-order valence-electron chi connectivity index (χ4n) is 1.40. The lowest BCUT2D eigenvalue weighted by atomic mass is 10.1. The van der Waals surface area contributed by atoms with E-state index in [2.05, 4.69) is 41.9 Å². The second-order valence-corrected chi connectivity index (χ2v) is 4.02. The van der Waals surface area contributed by atoms with Crippen LogP contribution in [0.2, 0.25) is 0 Å². The SMILES string of the molecule is CNC(CCSC)c1ccccc1. The van der Waals surface area contributed by atoms with Gasteiger partial charge in [0.25, 0.3) is 0 Å². The Labute approximate surface area is 84.9 Å². The molecule has 0 aliphatic rings. The quantitative estimate of drug-likeness (QED) is 0.775. The Morgan fingerprint density at radius 1 is 1.31 bits per heavy atom. The molecule has 1 aromatic carbocycles. The zero-order valence-corrected chi connectivity index (χ0v) is 9.10. The molecule has 1 aromatic rings. The highest BCUT2D eigenvalue weighted by atomic mass is 32.2. The first-order valence-corrected chi connectivity index (χ1v) is 5.99. The predicted octanol–water partition coefficient (Wildman–Crippen LogP) is 2.70. The molecule has 0 amide bonds. The van der Waals surface area contributed by atoms with E-state index in [-0.39, 0.29) is 0 Å². The summed E-state index contributed by atoms with van der Waals surface area (Å²) in [5.74, 6) is 1.21. The van der Waals surface area contributed by atoms with Crippen LogP contribution in [0.15, 0.2) is 30.3 Å². The lowest BCUT2D eigenvalue weighted by molar-refractivity contribution is 0.581. The summed E-state index contributed by atoms with van der Waals surface area (Å²) in [4.78, 5) is 0. The van der Waals surface area contributed by atoms with Gasteiger partial charge in [-0.3, -0.25) is 0 Å². The first kappa shape index (κ1) is 10.6. The topological polar surface area (TPSA) is 12.0 Å². The van der Waals surface area contributed by atoms with Gasteiger partial charge in [-0.05, 0) is 31.0 Å². The van der Waals surface area contributed by atoms with E-state index < -0.39 is 0 Å². The monoisotopic (exact) mass is 195 g/mol. The fraction of sp³-hybridized carbons (Fsp3) is 0.455. The average Bonchev–Trinajstić information content (AvgIpc) is 2.21. The number of hydrogen-bond donors (Lipinski definition) is 1. The van der Waals surface area contributed by atoms with Gasteiger partial charge in [0.15, 0.2) is 0 Å². The van der Waals surface area contributed by atoms with Crippen LogP contribution < -0.4 is 5.32 Å². The van der Waals surface area contributed by atoms with Gasteiger partial charge in [-0.25, -0.2) is 0 Å². The van der Waals surface area contributed by atoms with E-state index in [0.29, 0.717) is 6.04 Å². The van der Waals surface area contributed by atoms with Crippen molar-refractivity contribution in [3.63, 3.8) is 0 Å². The molecule has 0 radical (unpaired) electrons. The van der Waals surface area contributed by atoms with Crippen LogP contribution >= 0.6 is 11.8 Å². The lowest BCUT2D eigenvalue weighted by Gasteiger charge is -2.15. The number of hydrogen-bond acceptors (Lipinski definition) is 2. The third-order valence-electron chi connectivity index (χ3n) is 2.16. The Bertz CT molecular complexity index is 223. The van der Waals surface area contributed by atoms with Crippen molar-refractivity contribution in [2.24, 2.45) is 0 Å². The van der Waals surface area contributed by atoms with Gasteiger partial charge in [-0.2, -0.15) is 11.8 Å². The summed E-state index contributed by atoms with van der Waals surface area (Å²) in [6.07, 6.45) is 3.35. The highest BCUT2D eigenvalue weighted by Crippen LogP contribution is 2.17. The van der Waals surface area contributed by atoms with Crippen LogP contribution in [-0.4, -0.2) is 19.1 Å². The molecule has 1 unspecified atom stereocenters. The van der Waals surface area contributed by atoms with Gasteiger partial charge in [0.2, 0.25) is 0 Å². The van der Waals surface area contributed by atoms with Crippen LogP contribution in [0.3, 0.4) is 0 Å². The van der Waals surface area contributed by atoms with E-state index in [1.54, 1.807) is 0 Å². The molecule has 0 heterocycles. The smallest absolute Gasteiger partial charge is 0.0325 e. The molecule has 1 atom stereocenters. The fourth-order valence-corrected chi connectivity index (χ4v) is 1.87. The zero-order chi connectivity index (χ0) is 9.52. The van der Waals surface area contributed by atoms with Crippen molar-refractivity contribution in [1.82, 2.24) is 5.32 Å². The van der Waals surface area contributed by atoms with Crippen LogP contribution in [0.1, 0.15) is 18.0 Å². The van der Waals surface area contributed by atoms with Crippen molar-refractivity contribution in [3.05, 3.63) is 35.9 Å². The molecule has 2 heteroatoms. The first-order valence-electron chi connectivity index (χ1n) is 4.59. The molecule has 72 valence electrons. The number of nitrogens with one attached hydrogen (secondary N) is 1. The van der Waals surface area contributed by atoms with E-state index in [1.165, 1.54) is 17.7 Å². The van der Waals surface area contributed by atoms with Gasteiger partial charge in [0.1, 0.15) is 0 Å². The van der Waals surface area contributed by atoms with Crippen LogP contribution in [0.5, 0.6) is 0 Å². The third-order valence-corrected chi connectivity index (χ3v) is 2.81. The standard InChI is InChI=1S/C11H17NS/c1-12-11(8-9-13-2)10-6-4-3-5-7-10/h3-7,11-12H,8-9H2,1-2H3. The summed E-state index contributed by atoms with van der Waals surface area (Å²) in [5, 5.41) is 3.34. The maximum Gasteiger partial charge on any atom is 0.0325 e. The van der Waals surface area contributed by atoms with Gasteiger partial charge in [-0.15, -0.1) is 0 Å². The van der Waals surface area contributed by atoms with E-state index in [0.717, 1.165) is 0 Å². The van der Waals surface area contributed by atoms with Gasteiger partial charge in [-0.1, -0.05) is 30.3 Å². The van der Waals surface area contributed by atoms with Gasteiger partial charge < -0.3 is 5.32 Å². The van der Waals surface area contributed by atoms with E-state index >= 15 is 0 Å². The Kier molecular flexibility index (Phi) is 4.94. The molecule has 0 fully saturated rings. The van der Waals surface area contributed by atoms with Crippen molar-refractivity contribution >= 4 is 11.8 Å². The van der Waals surface area contributed by atoms with Crippen LogP contribution in [0, 0.1) is 0 Å². The predicted molar refractivity (Wildman–Crippen MR) is 61.2 cm³/mol. The van der Waals surface area contributed by atoms with E-state index in [1.807, 2.05) is 18.8 Å². The van der Waals surface area contributed by atoms with Crippen molar-refractivity contribution in [2.75, 3.05) is 19.1 Å². The molecule has 1 N–H and O–H groups in total. The molecule has 0 saturated heterocycles. The summed E-state index contributed by atoms with van der Waals surface area (Å²) < 4.78 is 0. The van der Waals surface area contributed by atoms with Crippen molar-refractivity contribution in [2.45, 2.75) is 12.5 Å². The van der Waals surface area contributed by atoms with Gasteiger partial charge in [0.05, 0.1) is 0 Å². The molecule has 0 bridgehead atoms. The number of benzene rings is 1. The van der Waals surface area contributed by atoms with Crippen molar-refractivity contribution < 1.29 is 0 Å². The number of rotatable bonds is 5. The second-order valence-electron chi connectivity index (χ2n) is 3.03. The normalized spacial score (nSPS) is 12.8. The van der Waals surface area contributed by atoms with Crippen molar-refractivity contribution in [3.8, 4) is 0 Å². The largest absolute Gasteiger partial charge is 0.313 e. The minimum atomic E-state index is 0.508. The lowest BCUT2D eigenvalue weighted by Crippen LogP contribution is -2.16.